The van der Waals surface area contributed by atoms with E-state index in [1.54, 1.807) is 18.2 Å². The molecule has 0 saturated heterocycles. The van der Waals surface area contributed by atoms with Crippen LogP contribution in [0.3, 0.4) is 0 Å². The maximum absolute atomic E-state index is 11.8. The molecule has 0 heterocycles. The third-order valence-corrected chi connectivity index (χ3v) is 1.91. The lowest BCUT2D eigenvalue weighted by Gasteiger charge is -2.09. The van der Waals surface area contributed by atoms with Gasteiger partial charge in [-0.3, -0.25) is 0 Å². The van der Waals surface area contributed by atoms with Crippen LogP contribution in [0.5, 0.6) is 11.5 Å². The van der Waals surface area contributed by atoms with Crippen LogP contribution in [-0.2, 0) is 0 Å². The highest BCUT2D eigenvalue weighted by Crippen LogP contribution is 2.22. The van der Waals surface area contributed by atoms with E-state index in [1.165, 1.54) is 6.07 Å². The summed E-state index contributed by atoms with van der Waals surface area (Å²) in [7, 11) is 0. The first-order valence-electron chi connectivity index (χ1n) is 4.49. The van der Waals surface area contributed by atoms with Crippen molar-refractivity contribution in [1.29, 1.82) is 0 Å². The van der Waals surface area contributed by atoms with Crippen LogP contribution in [0.2, 0.25) is 0 Å². The minimum atomic E-state index is -4.19. The average molecular weight is 299 g/mol. The van der Waals surface area contributed by atoms with Gasteiger partial charge in [0, 0.05) is 6.07 Å². The third kappa shape index (κ3) is 5.25. The second kappa shape index (κ2) is 5.98. The molecule has 1 aromatic carbocycles. The van der Waals surface area contributed by atoms with Crippen molar-refractivity contribution in [1.82, 2.24) is 0 Å². The number of ether oxygens (including phenoxy) is 2. The van der Waals surface area contributed by atoms with E-state index < -0.39 is 12.6 Å². The van der Waals surface area contributed by atoms with E-state index in [-0.39, 0.29) is 6.61 Å². The van der Waals surface area contributed by atoms with Crippen molar-refractivity contribution in [2.24, 2.45) is 0 Å². The van der Waals surface area contributed by atoms with Crippen LogP contribution in [-0.4, -0.2) is 18.3 Å². The summed E-state index contributed by atoms with van der Waals surface area (Å²) in [6.07, 6.45) is -5.15. The molecule has 0 aliphatic carbocycles. The summed E-state index contributed by atoms with van der Waals surface area (Å²) in [6.45, 7) is -0.388. The van der Waals surface area contributed by atoms with Crippen molar-refractivity contribution in [3.8, 4) is 11.5 Å². The van der Waals surface area contributed by atoms with Crippen LogP contribution in [0, 0.1) is 0 Å². The Bertz CT molecular complexity index is 328. The lowest BCUT2D eigenvalue weighted by molar-refractivity contribution is -0.139. The van der Waals surface area contributed by atoms with E-state index in [9.17, 15) is 13.2 Å². The van der Waals surface area contributed by atoms with Crippen LogP contribution >= 0.6 is 15.9 Å². The maximum atomic E-state index is 11.8. The van der Waals surface area contributed by atoms with Crippen LogP contribution in [0.25, 0.3) is 0 Å². The van der Waals surface area contributed by atoms with Gasteiger partial charge in [0.25, 0.3) is 0 Å². The molecule has 16 heavy (non-hydrogen) atoms. The Balaban J connectivity index is 2.44. The predicted octanol–water partition coefficient (Wildman–Crippen LogP) is 3.75. The largest absolute Gasteiger partial charge is 0.493 e. The molecular formula is C10H10BrF3O2. The van der Waals surface area contributed by atoms with Crippen LogP contribution in [0.15, 0.2) is 24.3 Å². The fraction of sp³-hybridized carbons (Fsp3) is 0.400. The summed E-state index contributed by atoms with van der Waals surface area (Å²) >= 11 is 3.08. The predicted molar refractivity (Wildman–Crippen MR) is 57.0 cm³/mol. The molecule has 0 N–H and O–H groups in total. The molecular weight excluding hydrogens is 289 g/mol. The van der Waals surface area contributed by atoms with E-state index >= 15 is 0 Å². The van der Waals surface area contributed by atoms with Crippen molar-refractivity contribution >= 4 is 15.9 Å². The Kier molecular flexibility index (Phi) is 4.92. The zero-order chi connectivity index (χ0) is 12.0. The van der Waals surface area contributed by atoms with Gasteiger partial charge in [0.2, 0.25) is 0 Å². The molecule has 0 fully saturated rings. The van der Waals surface area contributed by atoms with E-state index in [0.717, 1.165) is 0 Å². The molecule has 0 unspecified atom stereocenters. The van der Waals surface area contributed by atoms with Gasteiger partial charge in [0.15, 0.2) is 0 Å². The van der Waals surface area contributed by atoms with E-state index in [0.29, 0.717) is 17.0 Å². The van der Waals surface area contributed by atoms with Gasteiger partial charge >= 0.3 is 6.18 Å². The van der Waals surface area contributed by atoms with Crippen LogP contribution in [0.1, 0.15) is 6.42 Å². The van der Waals surface area contributed by atoms with Gasteiger partial charge in [-0.05, 0) is 28.1 Å². The van der Waals surface area contributed by atoms with Gasteiger partial charge in [-0.25, -0.2) is 0 Å². The summed E-state index contributed by atoms with van der Waals surface area (Å²) in [4.78, 5) is 0. The minimum Gasteiger partial charge on any atom is -0.493 e. The van der Waals surface area contributed by atoms with Crippen molar-refractivity contribution in [2.45, 2.75) is 12.6 Å². The summed E-state index contributed by atoms with van der Waals surface area (Å²) in [6, 6.07) is 6.47. The number of hydrogen-bond donors (Lipinski definition) is 0. The summed E-state index contributed by atoms with van der Waals surface area (Å²) in [5.41, 5.74) is 0.318. The Morgan fingerprint density at radius 1 is 1.12 bits per heavy atom. The summed E-state index contributed by atoms with van der Waals surface area (Å²) in [5.74, 6) is 0.907. The quantitative estimate of drug-likeness (QED) is 0.771. The first kappa shape index (κ1) is 13.2. The molecule has 0 aliphatic rings. The maximum Gasteiger partial charge on any atom is 0.392 e. The molecule has 1 rings (SSSR count). The molecule has 0 aromatic heterocycles. The van der Waals surface area contributed by atoms with Gasteiger partial charge in [-0.15, -0.1) is 0 Å². The standard InChI is InChI=1S/C10H10BrF3O2/c11-7-16-9-3-1-2-8(6-9)15-5-4-10(12,13)14/h1-3,6H,4-5,7H2. The van der Waals surface area contributed by atoms with Crippen LogP contribution < -0.4 is 9.47 Å². The molecule has 1 aromatic rings. The van der Waals surface area contributed by atoms with E-state index in [1.807, 2.05) is 0 Å². The normalized spacial score (nSPS) is 11.2. The number of halogens is 4. The van der Waals surface area contributed by atoms with Crippen molar-refractivity contribution < 1.29 is 22.6 Å². The van der Waals surface area contributed by atoms with E-state index in [4.69, 9.17) is 9.47 Å². The highest BCUT2D eigenvalue weighted by atomic mass is 79.9. The molecule has 0 atom stereocenters. The fourth-order valence-electron chi connectivity index (χ4n) is 1.00. The monoisotopic (exact) mass is 298 g/mol. The van der Waals surface area contributed by atoms with Crippen LogP contribution in [0.4, 0.5) is 13.2 Å². The Morgan fingerprint density at radius 3 is 2.31 bits per heavy atom. The van der Waals surface area contributed by atoms with Crippen molar-refractivity contribution in [3.63, 3.8) is 0 Å². The van der Waals surface area contributed by atoms with Crippen molar-refractivity contribution in [2.75, 3.05) is 12.1 Å². The second-order valence-corrected chi connectivity index (χ2v) is 3.40. The smallest absolute Gasteiger partial charge is 0.392 e. The number of benzene rings is 1. The Labute approximate surface area is 99.5 Å². The molecule has 2 nitrogen and oxygen atoms in total. The minimum absolute atomic E-state index is 0.318. The van der Waals surface area contributed by atoms with Gasteiger partial charge < -0.3 is 9.47 Å². The summed E-state index contributed by atoms with van der Waals surface area (Å²) < 4.78 is 45.6. The molecule has 0 saturated carbocycles. The number of alkyl halides is 4. The topological polar surface area (TPSA) is 18.5 Å². The molecule has 0 bridgehead atoms. The average Bonchev–Trinajstić information content (AvgIpc) is 2.17. The molecule has 90 valence electrons. The highest BCUT2D eigenvalue weighted by Gasteiger charge is 2.26. The number of hydrogen-bond acceptors (Lipinski definition) is 2. The highest BCUT2D eigenvalue weighted by molar-refractivity contribution is 9.09. The van der Waals surface area contributed by atoms with E-state index in [2.05, 4.69) is 15.9 Å². The first-order chi connectivity index (χ1) is 7.51. The lowest BCUT2D eigenvalue weighted by atomic mass is 10.3. The van der Waals surface area contributed by atoms with Gasteiger partial charge in [0.1, 0.15) is 17.0 Å². The Hall–Kier alpha value is -0.910. The second-order valence-electron chi connectivity index (χ2n) is 2.94. The zero-order valence-electron chi connectivity index (χ0n) is 8.26. The fourth-order valence-corrected chi connectivity index (χ4v) is 1.27. The first-order valence-corrected chi connectivity index (χ1v) is 5.62. The molecule has 0 aliphatic heterocycles. The third-order valence-electron chi connectivity index (χ3n) is 1.68. The van der Waals surface area contributed by atoms with Gasteiger partial charge in [-0.1, -0.05) is 6.07 Å². The van der Waals surface area contributed by atoms with Crippen molar-refractivity contribution in [3.05, 3.63) is 24.3 Å². The molecule has 6 heteroatoms. The number of rotatable bonds is 5. The molecule has 0 spiro atoms. The van der Waals surface area contributed by atoms with Gasteiger partial charge in [0.05, 0.1) is 13.0 Å². The molecule has 0 amide bonds. The zero-order valence-corrected chi connectivity index (χ0v) is 9.85. The molecule has 0 radical (unpaired) electrons. The summed E-state index contributed by atoms with van der Waals surface area (Å²) in [5, 5.41) is 0. The van der Waals surface area contributed by atoms with Gasteiger partial charge in [-0.2, -0.15) is 13.2 Å². The Morgan fingerprint density at radius 2 is 1.75 bits per heavy atom. The SMILES string of the molecule is FC(F)(F)CCOc1cccc(OCBr)c1. The lowest BCUT2D eigenvalue weighted by Crippen LogP contribution is -2.12.